The minimum Gasteiger partial charge on any atom is -0.368 e. The van der Waals surface area contributed by atoms with Crippen LogP contribution in [-0.4, -0.2) is 17.6 Å². The van der Waals surface area contributed by atoms with Crippen LogP contribution in [0.2, 0.25) is 0 Å². The molecule has 1 heterocycles. The largest absolute Gasteiger partial charge is 0.368 e. The van der Waals surface area contributed by atoms with Crippen LogP contribution in [0.25, 0.3) is 0 Å². The molecule has 0 aliphatic rings. The Morgan fingerprint density at radius 2 is 2.43 bits per heavy atom. The Morgan fingerprint density at radius 1 is 1.64 bits per heavy atom. The maximum absolute atomic E-state index is 13.0. The van der Waals surface area contributed by atoms with Crippen LogP contribution in [0.1, 0.15) is 19.8 Å². The Labute approximate surface area is 83.5 Å². The first kappa shape index (κ1) is 10.9. The second-order valence-corrected chi connectivity index (χ2v) is 3.22. The minimum atomic E-state index is -0.322. The van der Waals surface area contributed by atoms with Gasteiger partial charge in [0.15, 0.2) is 11.6 Å². The molecule has 0 aliphatic carbocycles. The molecule has 3 N–H and O–H groups in total. The standard InChI is InChI=1S/C10H16FN3/c1-2-8(12)5-7-14-10-9(11)4-3-6-13-10/h3-4,6,8H,2,5,7,12H2,1H3,(H,13,14). The van der Waals surface area contributed by atoms with E-state index < -0.39 is 0 Å². The second-order valence-electron chi connectivity index (χ2n) is 3.22. The van der Waals surface area contributed by atoms with Gasteiger partial charge in [-0.2, -0.15) is 0 Å². The Hall–Kier alpha value is -1.16. The first-order valence-electron chi connectivity index (χ1n) is 4.84. The van der Waals surface area contributed by atoms with Gasteiger partial charge in [-0.3, -0.25) is 0 Å². The van der Waals surface area contributed by atoms with Crippen molar-refractivity contribution in [2.45, 2.75) is 25.8 Å². The van der Waals surface area contributed by atoms with Crippen molar-refractivity contribution in [2.75, 3.05) is 11.9 Å². The van der Waals surface area contributed by atoms with Gasteiger partial charge in [-0.1, -0.05) is 6.92 Å². The molecular formula is C10H16FN3. The van der Waals surface area contributed by atoms with Gasteiger partial charge in [0.1, 0.15) is 0 Å². The van der Waals surface area contributed by atoms with Gasteiger partial charge in [0, 0.05) is 18.8 Å². The van der Waals surface area contributed by atoms with Gasteiger partial charge in [-0.15, -0.1) is 0 Å². The smallest absolute Gasteiger partial charge is 0.165 e. The summed E-state index contributed by atoms with van der Waals surface area (Å²) in [5, 5.41) is 2.91. The van der Waals surface area contributed by atoms with Gasteiger partial charge in [-0.05, 0) is 25.0 Å². The van der Waals surface area contributed by atoms with Crippen molar-refractivity contribution < 1.29 is 4.39 Å². The number of rotatable bonds is 5. The molecule has 0 spiro atoms. The summed E-state index contributed by atoms with van der Waals surface area (Å²) in [6.07, 6.45) is 3.32. The predicted octanol–water partition coefficient (Wildman–Crippen LogP) is 1.76. The van der Waals surface area contributed by atoms with E-state index in [1.807, 2.05) is 6.92 Å². The van der Waals surface area contributed by atoms with Crippen molar-refractivity contribution in [1.82, 2.24) is 4.98 Å². The molecule has 0 fully saturated rings. The van der Waals surface area contributed by atoms with Gasteiger partial charge in [0.2, 0.25) is 0 Å². The fraction of sp³-hybridized carbons (Fsp3) is 0.500. The molecule has 1 rings (SSSR count). The van der Waals surface area contributed by atoms with Crippen LogP contribution in [0.15, 0.2) is 18.3 Å². The van der Waals surface area contributed by atoms with E-state index in [-0.39, 0.29) is 11.9 Å². The Balaban J connectivity index is 2.35. The third kappa shape index (κ3) is 3.30. The lowest BCUT2D eigenvalue weighted by Gasteiger charge is -2.09. The molecule has 1 aromatic heterocycles. The quantitative estimate of drug-likeness (QED) is 0.756. The Morgan fingerprint density at radius 3 is 3.07 bits per heavy atom. The Bertz CT molecular complexity index is 278. The SMILES string of the molecule is CCC(N)CCNc1ncccc1F. The third-order valence-electron chi connectivity index (χ3n) is 2.09. The third-order valence-corrected chi connectivity index (χ3v) is 2.09. The zero-order valence-electron chi connectivity index (χ0n) is 8.33. The van der Waals surface area contributed by atoms with Gasteiger partial charge in [0.05, 0.1) is 0 Å². The normalized spacial score (nSPS) is 12.5. The van der Waals surface area contributed by atoms with Crippen LogP contribution in [-0.2, 0) is 0 Å². The fourth-order valence-electron chi connectivity index (χ4n) is 1.10. The number of nitrogens with two attached hydrogens (primary N) is 1. The summed E-state index contributed by atoms with van der Waals surface area (Å²) in [6.45, 7) is 2.69. The van der Waals surface area contributed by atoms with E-state index in [2.05, 4.69) is 10.3 Å². The van der Waals surface area contributed by atoms with E-state index in [0.29, 0.717) is 12.4 Å². The van der Waals surface area contributed by atoms with E-state index in [4.69, 9.17) is 5.73 Å². The number of nitrogens with one attached hydrogen (secondary N) is 1. The summed E-state index contributed by atoms with van der Waals surface area (Å²) < 4.78 is 13.0. The average Bonchev–Trinajstić information content (AvgIpc) is 2.20. The molecule has 0 bridgehead atoms. The number of aromatic nitrogens is 1. The molecule has 14 heavy (non-hydrogen) atoms. The summed E-state index contributed by atoms with van der Waals surface area (Å²) >= 11 is 0. The van der Waals surface area contributed by atoms with Crippen molar-refractivity contribution in [3.05, 3.63) is 24.1 Å². The summed E-state index contributed by atoms with van der Waals surface area (Å²) in [4.78, 5) is 3.87. The molecule has 1 unspecified atom stereocenters. The summed E-state index contributed by atoms with van der Waals surface area (Å²) in [5.41, 5.74) is 5.72. The lowest BCUT2D eigenvalue weighted by atomic mass is 10.2. The van der Waals surface area contributed by atoms with Crippen LogP contribution in [0, 0.1) is 5.82 Å². The molecule has 1 atom stereocenters. The monoisotopic (exact) mass is 197 g/mol. The average molecular weight is 197 g/mol. The van der Waals surface area contributed by atoms with Crippen molar-refractivity contribution >= 4 is 5.82 Å². The van der Waals surface area contributed by atoms with Gasteiger partial charge in [-0.25, -0.2) is 9.37 Å². The number of halogens is 1. The number of anilines is 1. The van der Waals surface area contributed by atoms with E-state index in [1.165, 1.54) is 6.07 Å². The molecule has 0 aliphatic heterocycles. The topological polar surface area (TPSA) is 50.9 Å². The zero-order valence-corrected chi connectivity index (χ0v) is 8.33. The van der Waals surface area contributed by atoms with Crippen LogP contribution >= 0.6 is 0 Å². The lowest BCUT2D eigenvalue weighted by molar-refractivity contribution is 0.602. The summed E-state index contributed by atoms with van der Waals surface area (Å²) in [7, 11) is 0. The van der Waals surface area contributed by atoms with E-state index in [9.17, 15) is 4.39 Å². The molecule has 0 saturated heterocycles. The lowest BCUT2D eigenvalue weighted by Crippen LogP contribution is -2.22. The first-order valence-corrected chi connectivity index (χ1v) is 4.84. The summed E-state index contributed by atoms with van der Waals surface area (Å²) in [5.74, 6) is -0.0200. The molecule has 0 saturated carbocycles. The molecule has 1 aromatic rings. The fourth-order valence-corrected chi connectivity index (χ4v) is 1.10. The maximum Gasteiger partial charge on any atom is 0.165 e. The zero-order chi connectivity index (χ0) is 10.4. The van der Waals surface area contributed by atoms with Crippen molar-refractivity contribution in [3.8, 4) is 0 Å². The molecule has 0 radical (unpaired) electrons. The molecular weight excluding hydrogens is 181 g/mol. The highest BCUT2D eigenvalue weighted by Crippen LogP contribution is 2.08. The number of hydrogen-bond donors (Lipinski definition) is 2. The van der Waals surface area contributed by atoms with Crippen LogP contribution in [0.4, 0.5) is 10.2 Å². The van der Waals surface area contributed by atoms with Gasteiger partial charge in [0.25, 0.3) is 0 Å². The second kappa shape index (κ2) is 5.54. The highest BCUT2D eigenvalue weighted by atomic mass is 19.1. The highest BCUT2D eigenvalue weighted by molar-refractivity contribution is 5.35. The maximum atomic E-state index is 13.0. The molecule has 0 aromatic carbocycles. The van der Waals surface area contributed by atoms with Crippen LogP contribution in [0.3, 0.4) is 0 Å². The molecule has 4 heteroatoms. The van der Waals surface area contributed by atoms with Gasteiger partial charge < -0.3 is 11.1 Å². The van der Waals surface area contributed by atoms with E-state index in [1.54, 1.807) is 12.3 Å². The number of pyridine rings is 1. The Kier molecular flexibility index (Phi) is 4.32. The van der Waals surface area contributed by atoms with Crippen molar-refractivity contribution in [3.63, 3.8) is 0 Å². The molecule has 78 valence electrons. The summed E-state index contributed by atoms with van der Waals surface area (Å²) in [6, 6.07) is 3.13. The highest BCUT2D eigenvalue weighted by Gasteiger charge is 2.02. The van der Waals surface area contributed by atoms with Crippen LogP contribution < -0.4 is 11.1 Å². The van der Waals surface area contributed by atoms with Crippen molar-refractivity contribution in [1.29, 1.82) is 0 Å². The number of nitrogens with zero attached hydrogens (tertiary/aromatic N) is 1. The minimum absolute atomic E-state index is 0.175. The van der Waals surface area contributed by atoms with E-state index >= 15 is 0 Å². The molecule has 0 amide bonds. The van der Waals surface area contributed by atoms with Crippen molar-refractivity contribution in [2.24, 2.45) is 5.73 Å². The number of hydrogen-bond acceptors (Lipinski definition) is 3. The first-order chi connectivity index (χ1) is 6.74. The van der Waals surface area contributed by atoms with Crippen LogP contribution in [0.5, 0.6) is 0 Å². The predicted molar refractivity (Wildman–Crippen MR) is 55.6 cm³/mol. The molecule has 3 nitrogen and oxygen atoms in total. The van der Waals surface area contributed by atoms with Gasteiger partial charge >= 0.3 is 0 Å². The van der Waals surface area contributed by atoms with E-state index in [0.717, 1.165) is 12.8 Å².